The van der Waals surface area contributed by atoms with Crippen LogP contribution in [0.1, 0.15) is 28.9 Å². The highest BCUT2D eigenvalue weighted by molar-refractivity contribution is 9.10. The smallest absolute Gasteiger partial charge is 0.252 e. The Bertz CT molecular complexity index is 658. The number of anilines is 1. The second-order valence-electron chi connectivity index (χ2n) is 4.68. The van der Waals surface area contributed by atoms with Crippen LogP contribution in [0, 0.1) is 0 Å². The molecule has 0 spiro atoms. The van der Waals surface area contributed by atoms with E-state index in [1.165, 1.54) is 0 Å². The van der Waals surface area contributed by atoms with Crippen molar-refractivity contribution >= 4 is 27.5 Å². The molecule has 0 fully saturated rings. The minimum Gasteiger partial charge on any atom is -0.497 e. The molecule has 0 aliphatic heterocycles. The van der Waals surface area contributed by atoms with Gasteiger partial charge < -0.3 is 15.8 Å². The number of rotatable bonds is 4. The van der Waals surface area contributed by atoms with Crippen LogP contribution in [0.2, 0.25) is 0 Å². The van der Waals surface area contributed by atoms with Crippen LogP contribution in [-0.4, -0.2) is 13.0 Å². The Kier molecular flexibility index (Phi) is 4.85. The molecule has 5 heteroatoms. The van der Waals surface area contributed by atoms with Crippen molar-refractivity contribution in [2.45, 2.75) is 13.0 Å². The van der Waals surface area contributed by atoms with Crippen molar-refractivity contribution < 1.29 is 9.53 Å². The molecule has 2 aromatic carbocycles. The molecule has 2 rings (SSSR count). The molecule has 0 heterocycles. The molecule has 1 amide bonds. The Labute approximate surface area is 132 Å². The maximum absolute atomic E-state index is 12.3. The van der Waals surface area contributed by atoms with Crippen LogP contribution < -0.4 is 15.8 Å². The SMILES string of the molecule is COc1cccc(C(C)NC(=O)c2cccc(N)c2Br)c1. The highest BCUT2D eigenvalue weighted by atomic mass is 79.9. The lowest BCUT2D eigenvalue weighted by molar-refractivity contribution is 0.0939. The van der Waals surface area contributed by atoms with Gasteiger partial charge >= 0.3 is 0 Å². The molecule has 0 saturated carbocycles. The number of carbonyl (C=O) groups is 1. The normalized spacial score (nSPS) is 11.8. The van der Waals surface area contributed by atoms with Crippen molar-refractivity contribution in [3.63, 3.8) is 0 Å². The van der Waals surface area contributed by atoms with Crippen LogP contribution in [0.5, 0.6) is 5.75 Å². The molecule has 0 aromatic heterocycles. The van der Waals surface area contributed by atoms with Gasteiger partial charge in [0.25, 0.3) is 5.91 Å². The van der Waals surface area contributed by atoms with Crippen LogP contribution in [0.3, 0.4) is 0 Å². The summed E-state index contributed by atoms with van der Waals surface area (Å²) in [6, 6.07) is 12.7. The molecule has 3 N–H and O–H groups in total. The summed E-state index contributed by atoms with van der Waals surface area (Å²) in [5.74, 6) is 0.586. The van der Waals surface area contributed by atoms with Gasteiger partial charge in [-0.25, -0.2) is 0 Å². The average Bonchev–Trinajstić information content (AvgIpc) is 2.49. The van der Waals surface area contributed by atoms with Crippen molar-refractivity contribution in [2.24, 2.45) is 0 Å². The van der Waals surface area contributed by atoms with E-state index in [2.05, 4.69) is 21.2 Å². The molecule has 0 aliphatic rings. The van der Waals surface area contributed by atoms with Gasteiger partial charge in [0.05, 0.1) is 23.2 Å². The minimum atomic E-state index is -0.176. The topological polar surface area (TPSA) is 64.3 Å². The minimum absolute atomic E-state index is 0.138. The first-order valence-electron chi connectivity index (χ1n) is 6.51. The summed E-state index contributed by atoms with van der Waals surface area (Å²) in [6.07, 6.45) is 0. The highest BCUT2D eigenvalue weighted by Gasteiger charge is 2.15. The Morgan fingerprint density at radius 3 is 2.71 bits per heavy atom. The van der Waals surface area contributed by atoms with Gasteiger partial charge in [-0.15, -0.1) is 0 Å². The summed E-state index contributed by atoms with van der Waals surface area (Å²) in [7, 11) is 1.62. The number of hydrogen-bond acceptors (Lipinski definition) is 3. The van der Waals surface area contributed by atoms with Crippen molar-refractivity contribution in [1.29, 1.82) is 0 Å². The van der Waals surface area contributed by atoms with Crippen molar-refractivity contribution in [3.8, 4) is 5.75 Å². The van der Waals surface area contributed by atoms with E-state index < -0.39 is 0 Å². The van der Waals surface area contributed by atoms with Crippen molar-refractivity contribution in [2.75, 3.05) is 12.8 Å². The maximum Gasteiger partial charge on any atom is 0.252 e. The van der Waals surface area contributed by atoms with Crippen LogP contribution in [0.15, 0.2) is 46.9 Å². The van der Waals surface area contributed by atoms with E-state index in [-0.39, 0.29) is 11.9 Å². The summed E-state index contributed by atoms with van der Waals surface area (Å²) < 4.78 is 5.80. The third-order valence-electron chi connectivity index (χ3n) is 3.21. The molecule has 21 heavy (non-hydrogen) atoms. The fraction of sp³-hybridized carbons (Fsp3) is 0.188. The molecular formula is C16H17BrN2O2. The first-order chi connectivity index (χ1) is 10.0. The number of amides is 1. The van der Waals surface area contributed by atoms with Gasteiger partial charge in [-0.3, -0.25) is 4.79 Å². The number of halogens is 1. The summed E-state index contributed by atoms with van der Waals surface area (Å²) in [4.78, 5) is 12.3. The van der Waals surface area contributed by atoms with E-state index in [4.69, 9.17) is 10.5 Å². The molecule has 110 valence electrons. The lowest BCUT2D eigenvalue weighted by Crippen LogP contribution is -2.27. The van der Waals surface area contributed by atoms with Crippen LogP contribution >= 0.6 is 15.9 Å². The van der Waals surface area contributed by atoms with E-state index in [1.807, 2.05) is 31.2 Å². The Balaban J connectivity index is 2.16. The second kappa shape index (κ2) is 6.63. The van der Waals surface area contributed by atoms with Crippen molar-refractivity contribution in [1.82, 2.24) is 5.32 Å². The average molecular weight is 349 g/mol. The number of methoxy groups -OCH3 is 1. The molecule has 4 nitrogen and oxygen atoms in total. The summed E-state index contributed by atoms with van der Waals surface area (Å²) >= 11 is 3.34. The molecule has 0 aliphatic carbocycles. The van der Waals surface area contributed by atoms with Crippen molar-refractivity contribution in [3.05, 3.63) is 58.1 Å². The molecule has 1 unspecified atom stereocenters. The van der Waals surface area contributed by atoms with Gasteiger partial charge in [-0.1, -0.05) is 18.2 Å². The first kappa shape index (κ1) is 15.4. The molecule has 1 atom stereocenters. The van der Waals surface area contributed by atoms with E-state index >= 15 is 0 Å². The molecular weight excluding hydrogens is 332 g/mol. The third kappa shape index (κ3) is 3.55. The predicted octanol–water partition coefficient (Wildman–Crippen LogP) is 3.53. The fourth-order valence-corrected chi connectivity index (χ4v) is 2.44. The summed E-state index contributed by atoms with van der Waals surface area (Å²) in [5, 5.41) is 2.95. The maximum atomic E-state index is 12.3. The number of nitrogens with two attached hydrogens (primary N) is 1. The highest BCUT2D eigenvalue weighted by Crippen LogP contribution is 2.25. The lowest BCUT2D eigenvalue weighted by Gasteiger charge is -2.16. The Morgan fingerprint density at radius 2 is 2.00 bits per heavy atom. The number of ether oxygens (including phenoxy) is 1. The van der Waals surface area contributed by atoms with Crippen LogP contribution in [0.4, 0.5) is 5.69 Å². The number of benzene rings is 2. The van der Waals surface area contributed by atoms with Gasteiger partial charge in [0, 0.05) is 5.69 Å². The molecule has 0 radical (unpaired) electrons. The Hall–Kier alpha value is -2.01. The molecule has 0 saturated heterocycles. The number of hydrogen-bond donors (Lipinski definition) is 2. The first-order valence-corrected chi connectivity index (χ1v) is 7.31. The largest absolute Gasteiger partial charge is 0.497 e. The van der Waals surface area contributed by atoms with Crippen LogP contribution in [0.25, 0.3) is 0 Å². The van der Waals surface area contributed by atoms with E-state index in [9.17, 15) is 4.79 Å². The van der Waals surface area contributed by atoms with Gasteiger partial charge in [0.2, 0.25) is 0 Å². The standard InChI is InChI=1S/C16H17BrN2O2/c1-10(11-5-3-6-12(9-11)21-2)19-16(20)13-7-4-8-14(18)15(13)17/h3-10H,18H2,1-2H3,(H,19,20). The Morgan fingerprint density at radius 1 is 1.29 bits per heavy atom. The predicted molar refractivity (Wildman–Crippen MR) is 87.4 cm³/mol. The quantitative estimate of drug-likeness (QED) is 0.830. The van der Waals surface area contributed by atoms with Gasteiger partial charge in [-0.2, -0.15) is 0 Å². The number of nitrogen functional groups attached to an aromatic ring is 1. The van der Waals surface area contributed by atoms with Gasteiger partial charge in [-0.05, 0) is 52.7 Å². The number of carbonyl (C=O) groups excluding carboxylic acids is 1. The summed E-state index contributed by atoms with van der Waals surface area (Å²) in [5.41, 5.74) is 7.83. The lowest BCUT2D eigenvalue weighted by atomic mass is 10.1. The zero-order valence-corrected chi connectivity index (χ0v) is 13.5. The molecule has 0 bridgehead atoms. The zero-order valence-electron chi connectivity index (χ0n) is 11.9. The summed E-state index contributed by atoms with van der Waals surface area (Å²) in [6.45, 7) is 1.92. The molecule has 2 aromatic rings. The van der Waals surface area contributed by atoms with E-state index in [0.29, 0.717) is 15.7 Å². The monoisotopic (exact) mass is 348 g/mol. The van der Waals surface area contributed by atoms with Gasteiger partial charge in [0.1, 0.15) is 5.75 Å². The van der Waals surface area contributed by atoms with E-state index in [0.717, 1.165) is 11.3 Å². The van der Waals surface area contributed by atoms with Crippen LogP contribution in [-0.2, 0) is 0 Å². The zero-order chi connectivity index (χ0) is 15.4. The fourth-order valence-electron chi connectivity index (χ4n) is 1.99. The van der Waals surface area contributed by atoms with E-state index in [1.54, 1.807) is 25.3 Å². The second-order valence-corrected chi connectivity index (χ2v) is 5.47. The number of nitrogens with one attached hydrogen (secondary N) is 1. The van der Waals surface area contributed by atoms with Gasteiger partial charge in [0.15, 0.2) is 0 Å². The third-order valence-corrected chi connectivity index (χ3v) is 4.10.